The number of alkyl halides is 3. The summed E-state index contributed by atoms with van der Waals surface area (Å²) in [5.74, 6) is 2.07. The largest absolute Gasteiger partial charge is 0.507 e. The van der Waals surface area contributed by atoms with Crippen molar-refractivity contribution in [3.63, 3.8) is 0 Å². The number of phenolic OH excluding ortho intramolecular Hbond substituents is 1. The number of phenols is 1. The predicted octanol–water partition coefficient (Wildman–Crippen LogP) is 5.74. The lowest BCUT2D eigenvalue weighted by molar-refractivity contribution is -0.138. The number of fused-ring (bicyclic) bond motifs is 1. The molecule has 3 heterocycles. The zero-order valence-corrected chi connectivity index (χ0v) is 19.3. The van der Waals surface area contributed by atoms with Crippen molar-refractivity contribution in [3.05, 3.63) is 65.4 Å². The first-order chi connectivity index (χ1) is 16.6. The van der Waals surface area contributed by atoms with Gasteiger partial charge in [-0.1, -0.05) is 12.1 Å². The van der Waals surface area contributed by atoms with Gasteiger partial charge in [0.1, 0.15) is 17.3 Å². The van der Waals surface area contributed by atoms with E-state index in [4.69, 9.17) is 9.15 Å². The number of methoxy groups -OCH3 is 1. The second kappa shape index (κ2) is 8.14. The van der Waals surface area contributed by atoms with Gasteiger partial charge in [-0.3, -0.25) is 0 Å². The molecule has 182 valence electrons. The maximum atomic E-state index is 13.5. The summed E-state index contributed by atoms with van der Waals surface area (Å²) in [5, 5.41) is 18.6. The molecule has 10 heteroatoms. The Bertz CT molecular complexity index is 1410. The van der Waals surface area contributed by atoms with Gasteiger partial charge in [0, 0.05) is 19.0 Å². The highest BCUT2D eigenvalue weighted by molar-refractivity contribution is 5.71. The summed E-state index contributed by atoms with van der Waals surface area (Å²) in [5.41, 5.74) is 0.0565. The SMILES string of the molecule is COc1cc(-c2nnc3n2CCCC3(C)c2ccc(O)c(C(F)(F)F)c2)ccc1-c1cnc(C)o1. The lowest BCUT2D eigenvalue weighted by Crippen LogP contribution is -2.33. The zero-order chi connectivity index (χ0) is 25.0. The molecular weight excluding hydrogens is 461 g/mol. The summed E-state index contributed by atoms with van der Waals surface area (Å²) in [7, 11) is 1.56. The van der Waals surface area contributed by atoms with Crippen molar-refractivity contribution < 1.29 is 27.4 Å². The lowest BCUT2D eigenvalue weighted by atomic mass is 9.75. The van der Waals surface area contributed by atoms with E-state index in [0.29, 0.717) is 47.6 Å². The van der Waals surface area contributed by atoms with E-state index in [1.807, 2.05) is 29.7 Å². The monoisotopic (exact) mass is 484 g/mol. The van der Waals surface area contributed by atoms with Crippen molar-refractivity contribution in [1.29, 1.82) is 0 Å². The molecular formula is C25H23F3N4O3. The molecule has 7 nitrogen and oxygen atoms in total. The van der Waals surface area contributed by atoms with Crippen molar-refractivity contribution >= 4 is 0 Å². The quantitative estimate of drug-likeness (QED) is 0.398. The van der Waals surface area contributed by atoms with Gasteiger partial charge in [0.2, 0.25) is 0 Å². The molecule has 4 aromatic rings. The maximum absolute atomic E-state index is 13.5. The van der Waals surface area contributed by atoms with E-state index in [-0.39, 0.29) is 0 Å². The van der Waals surface area contributed by atoms with Gasteiger partial charge in [-0.25, -0.2) is 4.98 Å². The number of benzene rings is 2. The van der Waals surface area contributed by atoms with Gasteiger partial charge in [-0.15, -0.1) is 10.2 Å². The molecule has 1 N–H and O–H groups in total. The maximum Gasteiger partial charge on any atom is 0.419 e. The molecule has 35 heavy (non-hydrogen) atoms. The van der Waals surface area contributed by atoms with Crippen LogP contribution in [0.4, 0.5) is 13.2 Å². The van der Waals surface area contributed by atoms with Crippen LogP contribution in [0.2, 0.25) is 0 Å². The topological polar surface area (TPSA) is 86.2 Å². The molecule has 5 rings (SSSR count). The Morgan fingerprint density at radius 3 is 2.63 bits per heavy atom. The van der Waals surface area contributed by atoms with Gasteiger partial charge >= 0.3 is 6.18 Å². The standard InChI is InChI=1S/C25H23F3N4O3/c1-14-29-13-21(35-14)17-7-5-15(11-20(17)34-3)22-30-31-23-24(2,9-4-10-32(22)23)16-6-8-19(33)18(12-16)25(26,27)28/h5-8,11-13,33H,4,9-10H2,1-3H3. The molecule has 2 aromatic carbocycles. The molecule has 0 amide bonds. The fraction of sp³-hybridized carbons (Fsp3) is 0.320. The molecule has 1 aliphatic rings. The van der Waals surface area contributed by atoms with Crippen LogP contribution < -0.4 is 4.74 Å². The van der Waals surface area contributed by atoms with Gasteiger partial charge in [0.05, 0.1) is 29.8 Å². The van der Waals surface area contributed by atoms with Crippen LogP contribution in [0.1, 0.15) is 42.6 Å². The van der Waals surface area contributed by atoms with Crippen LogP contribution in [0.15, 0.2) is 47.0 Å². The molecule has 0 bridgehead atoms. The Labute approximate surface area is 199 Å². The third-order valence-corrected chi connectivity index (χ3v) is 6.59. The molecule has 0 aliphatic carbocycles. The number of oxazole rings is 1. The van der Waals surface area contributed by atoms with Gasteiger partial charge < -0.3 is 18.8 Å². The summed E-state index contributed by atoms with van der Waals surface area (Å²) in [6.07, 6.45) is -1.71. The Morgan fingerprint density at radius 1 is 1.14 bits per heavy atom. The summed E-state index contributed by atoms with van der Waals surface area (Å²) in [4.78, 5) is 4.14. The van der Waals surface area contributed by atoms with E-state index in [2.05, 4.69) is 15.2 Å². The smallest absolute Gasteiger partial charge is 0.419 e. The fourth-order valence-corrected chi connectivity index (χ4v) is 4.74. The normalized spacial score (nSPS) is 17.9. The zero-order valence-electron chi connectivity index (χ0n) is 19.3. The van der Waals surface area contributed by atoms with Gasteiger partial charge in [-0.2, -0.15) is 13.2 Å². The van der Waals surface area contributed by atoms with E-state index in [1.165, 1.54) is 6.07 Å². The number of halogens is 3. The first-order valence-corrected chi connectivity index (χ1v) is 11.1. The second-order valence-corrected chi connectivity index (χ2v) is 8.82. The van der Waals surface area contributed by atoms with Crippen molar-refractivity contribution in [3.8, 4) is 34.2 Å². The van der Waals surface area contributed by atoms with Crippen LogP contribution in [0.5, 0.6) is 11.5 Å². The van der Waals surface area contributed by atoms with Crippen LogP contribution in [0, 0.1) is 6.92 Å². The summed E-state index contributed by atoms with van der Waals surface area (Å²) in [6, 6.07) is 9.18. The summed E-state index contributed by atoms with van der Waals surface area (Å²) in [6.45, 7) is 4.25. The third kappa shape index (κ3) is 3.82. The first-order valence-electron chi connectivity index (χ1n) is 11.1. The average Bonchev–Trinajstić information content (AvgIpc) is 3.45. The van der Waals surface area contributed by atoms with Gasteiger partial charge in [0.25, 0.3) is 0 Å². The predicted molar refractivity (Wildman–Crippen MR) is 121 cm³/mol. The van der Waals surface area contributed by atoms with E-state index in [1.54, 1.807) is 20.2 Å². The van der Waals surface area contributed by atoms with Crippen molar-refractivity contribution in [1.82, 2.24) is 19.7 Å². The number of aromatic nitrogens is 4. The lowest BCUT2D eigenvalue weighted by Gasteiger charge is -2.34. The summed E-state index contributed by atoms with van der Waals surface area (Å²) >= 11 is 0. The fourth-order valence-electron chi connectivity index (χ4n) is 4.74. The second-order valence-electron chi connectivity index (χ2n) is 8.82. The molecule has 1 unspecified atom stereocenters. The summed E-state index contributed by atoms with van der Waals surface area (Å²) < 4.78 is 53.5. The van der Waals surface area contributed by atoms with E-state index in [9.17, 15) is 18.3 Å². The molecule has 1 aliphatic heterocycles. The number of nitrogens with zero attached hydrogens (tertiary/aromatic N) is 4. The minimum absolute atomic E-state index is 0.427. The van der Waals surface area contributed by atoms with E-state index >= 15 is 0 Å². The highest BCUT2D eigenvalue weighted by Crippen LogP contribution is 2.44. The van der Waals surface area contributed by atoms with Gasteiger partial charge in [-0.05, 0) is 49.6 Å². The van der Waals surface area contributed by atoms with Crippen LogP contribution in [-0.2, 0) is 18.1 Å². The Morgan fingerprint density at radius 2 is 1.94 bits per heavy atom. The number of aryl methyl sites for hydroxylation is 1. The minimum atomic E-state index is -4.66. The number of hydrogen-bond donors (Lipinski definition) is 1. The number of aromatic hydroxyl groups is 1. The first kappa shape index (κ1) is 22.9. The molecule has 1 atom stereocenters. The number of ether oxygens (including phenoxy) is 1. The molecule has 0 radical (unpaired) electrons. The molecule has 0 saturated carbocycles. The Hall–Kier alpha value is -3.82. The molecule has 0 fully saturated rings. The number of rotatable bonds is 4. The molecule has 2 aromatic heterocycles. The van der Waals surface area contributed by atoms with Crippen molar-refractivity contribution in [2.75, 3.05) is 7.11 Å². The number of hydrogen-bond acceptors (Lipinski definition) is 6. The van der Waals surface area contributed by atoms with Crippen molar-refractivity contribution in [2.45, 2.75) is 44.8 Å². The molecule has 0 saturated heterocycles. The van der Waals surface area contributed by atoms with E-state index < -0.39 is 22.9 Å². The highest BCUT2D eigenvalue weighted by atomic mass is 19.4. The van der Waals surface area contributed by atoms with E-state index in [0.717, 1.165) is 29.7 Å². The van der Waals surface area contributed by atoms with Crippen LogP contribution >= 0.6 is 0 Å². The van der Waals surface area contributed by atoms with Crippen molar-refractivity contribution in [2.24, 2.45) is 0 Å². The highest BCUT2D eigenvalue weighted by Gasteiger charge is 2.41. The van der Waals surface area contributed by atoms with Crippen LogP contribution in [0.3, 0.4) is 0 Å². The van der Waals surface area contributed by atoms with Gasteiger partial charge in [0.15, 0.2) is 17.5 Å². The molecule has 0 spiro atoms. The van der Waals surface area contributed by atoms with Crippen LogP contribution in [0.25, 0.3) is 22.7 Å². The Balaban J connectivity index is 1.58. The third-order valence-electron chi connectivity index (χ3n) is 6.59. The van der Waals surface area contributed by atoms with Crippen LogP contribution in [-0.4, -0.2) is 32.0 Å². The average molecular weight is 484 g/mol. The Kier molecular flexibility index (Phi) is 5.34. The minimum Gasteiger partial charge on any atom is -0.507 e.